The number of rotatable bonds is 10. The molecular formula is C41H55ClN4O12S. The Kier molecular flexibility index (Phi) is 12.3. The van der Waals surface area contributed by atoms with Crippen molar-refractivity contribution >= 4 is 64.7 Å². The minimum atomic E-state index is -3.28. The molecule has 9 atom stereocenters. The Bertz CT molecular complexity index is 2100. The van der Waals surface area contributed by atoms with Crippen molar-refractivity contribution in [1.82, 2.24) is 15.1 Å². The molecule has 5 amide bonds. The molecule has 0 aliphatic carbocycles. The van der Waals surface area contributed by atoms with E-state index in [1.54, 1.807) is 38.1 Å². The molecule has 1 unspecified atom stereocenters. The van der Waals surface area contributed by atoms with Crippen molar-refractivity contribution in [3.05, 3.63) is 46.5 Å². The number of esters is 1. The monoisotopic (exact) mass is 867 g/mol. The quantitative estimate of drug-likeness (QED) is 0.196. The van der Waals surface area contributed by atoms with Gasteiger partial charge < -0.3 is 38.6 Å². The molecule has 324 valence electrons. The fourth-order valence-electron chi connectivity index (χ4n) is 7.53. The molecule has 3 saturated heterocycles. The highest BCUT2D eigenvalue weighted by Crippen LogP contribution is 2.49. The van der Waals surface area contributed by atoms with Crippen molar-refractivity contribution in [3.8, 4) is 5.75 Å². The number of amides is 5. The topological polar surface area (TPSA) is 194 Å². The van der Waals surface area contributed by atoms with Crippen LogP contribution < -0.4 is 15.0 Å². The van der Waals surface area contributed by atoms with Gasteiger partial charge in [0.1, 0.15) is 40.7 Å². The molecule has 0 spiro atoms. The van der Waals surface area contributed by atoms with Gasteiger partial charge in [-0.15, -0.1) is 11.8 Å². The van der Waals surface area contributed by atoms with Crippen molar-refractivity contribution in [2.75, 3.05) is 45.5 Å². The SMILES string of the molecule is [2H]C([2H])([2H])C([2H])([2H])N1C(=O)CC(SCCC(=O)N(C)[C@@H](C)C(=O)O[C@H]2CC(=O)N(C)c3cc(cc(OC)c3Cl)C/C(C)=C/C=C/[C@@H](OC)[C@@]3(O)C[C@H](OC(=O)N3)[C@@H](C)[C@H]3O[C@@]23C)C1=O. The third kappa shape index (κ3) is 9.91. The number of halogens is 1. The molecule has 0 radical (unpaired) electrons. The molecule has 59 heavy (non-hydrogen) atoms. The van der Waals surface area contributed by atoms with Gasteiger partial charge in [0, 0.05) is 65.5 Å². The van der Waals surface area contributed by atoms with Gasteiger partial charge in [0.2, 0.25) is 23.6 Å². The lowest BCUT2D eigenvalue weighted by Gasteiger charge is -2.42. The van der Waals surface area contributed by atoms with Crippen LogP contribution in [0.25, 0.3) is 0 Å². The van der Waals surface area contributed by atoms with E-state index in [9.17, 15) is 33.9 Å². The lowest BCUT2D eigenvalue weighted by atomic mass is 9.83. The molecule has 4 bridgehead atoms. The van der Waals surface area contributed by atoms with E-state index >= 15 is 0 Å². The van der Waals surface area contributed by atoms with E-state index in [0.29, 0.717) is 17.9 Å². The maximum absolute atomic E-state index is 14.3. The van der Waals surface area contributed by atoms with E-state index in [-0.39, 0.29) is 28.5 Å². The first-order valence-corrected chi connectivity index (χ1v) is 20.5. The summed E-state index contributed by atoms with van der Waals surface area (Å²) in [5.74, 6) is -4.33. The molecule has 4 heterocycles. The first-order valence-electron chi connectivity index (χ1n) is 21.5. The maximum atomic E-state index is 14.3. The summed E-state index contributed by atoms with van der Waals surface area (Å²) in [6.45, 7) is 0.181. The van der Waals surface area contributed by atoms with Gasteiger partial charge in [-0.25, -0.2) is 9.59 Å². The van der Waals surface area contributed by atoms with Crippen molar-refractivity contribution in [2.45, 2.75) is 114 Å². The van der Waals surface area contributed by atoms with Crippen LogP contribution in [0.1, 0.15) is 72.6 Å². The van der Waals surface area contributed by atoms with E-state index in [4.69, 9.17) is 42.1 Å². The van der Waals surface area contributed by atoms with Gasteiger partial charge in [-0.3, -0.25) is 29.4 Å². The predicted octanol–water partition coefficient (Wildman–Crippen LogP) is 3.79. The zero-order chi connectivity index (χ0) is 47.9. The van der Waals surface area contributed by atoms with Gasteiger partial charge in [-0.05, 0) is 51.7 Å². The van der Waals surface area contributed by atoms with Crippen LogP contribution in [0.15, 0.2) is 35.9 Å². The van der Waals surface area contributed by atoms with Crippen LogP contribution in [0.3, 0.4) is 0 Å². The molecule has 1 aromatic rings. The molecule has 4 aliphatic heterocycles. The van der Waals surface area contributed by atoms with Crippen LogP contribution in [0.2, 0.25) is 5.02 Å². The number of likely N-dealkylation sites (tertiary alicyclic amines) is 1. The number of carbonyl (C=O) groups is 6. The number of methoxy groups -OCH3 is 2. The Morgan fingerprint density at radius 2 is 1.95 bits per heavy atom. The number of imide groups is 1. The molecule has 1 aromatic carbocycles. The van der Waals surface area contributed by atoms with E-state index in [1.165, 1.54) is 40.1 Å². The zero-order valence-electron chi connectivity index (χ0n) is 39.2. The number of nitrogens with one attached hydrogen (secondary N) is 1. The Labute approximate surface area is 360 Å². The van der Waals surface area contributed by atoms with Gasteiger partial charge >= 0.3 is 12.1 Å². The van der Waals surface area contributed by atoms with E-state index in [2.05, 4.69) is 5.32 Å². The number of benzene rings is 1. The average molecular weight is 868 g/mol. The van der Waals surface area contributed by atoms with Crippen LogP contribution in [0.5, 0.6) is 5.75 Å². The molecule has 3 fully saturated rings. The van der Waals surface area contributed by atoms with Gasteiger partial charge in [0.25, 0.3) is 0 Å². The Hall–Kier alpha value is -4.16. The second-order valence-corrected chi connectivity index (χ2v) is 17.1. The van der Waals surface area contributed by atoms with Gasteiger partial charge in [-0.2, -0.15) is 0 Å². The lowest BCUT2D eigenvalue weighted by molar-refractivity contribution is -0.162. The normalized spacial score (nSPS) is 33.7. The molecule has 0 aromatic heterocycles. The number of allylic oxidation sites excluding steroid dienone is 3. The minimum Gasteiger partial charge on any atom is -0.495 e. The second kappa shape index (κ2) is 18.6. The van der Waals surface area contributed by atoms with Crippen molar-refractivity contribution in [3.63, 3.8) is 0 Å². The summed E-state index contributed by atoms with van der Waals surface area (Å²) >= 11 is 7.65. The maximum Gasteiger partial charge on any atom is 0.409 e. The number of likely N-dealkylation sites (N-methyl/N-ethyl adjacent to an activating group) is 1. The number of fused-ring (bicyclic) bond motifs is 5. The summed E-state index contributed by atoms with van der Waals surface area (Å²) in [6, 6.07) is 2.26. The van der Waals surface area contributed by atoms with Crippen LogP contribution in [-0.2, 0) is 49.3 Å². The Morgan fingerprint density at radius 3 is 2.63 bits per heavy atom. The molecule has 5 rings (SSSR count). The number of ether oxygens (including phenoxy) is 5. The molecular weight excluding hydrogens is 808 g/mol. The Balaban J connectivity index is 1.38. The van der Waals surface area contributed by atoms with Gasteiger partial charge in [-0.1, -0.05) is 42.3 Å². The minimum absolute atomic E-state index is 0.0314. The lowest BCUT2D eigenvalue weighted by Crippen LogP contribution is -2.63. The van der Waals surface area contributed by atoms with E-state index in [1.807, 2.05) is 13.0 Å². The number of thioether (sulfide) groups is 1. The third-order valence-electron chi connectivity index (χ3n) is 11.4. The first kappa shape index (κ1) is 39.0. The highest BCUT2D eigenvalue weighted by Gasteiger charge is 2.64. The number of anilines is 1. The van der Waals surface area contributed by atoms with Crippen LogP contribution in [0, 0.1) is 5.92 Å². The van der Waals surface area contributed by atoms with E-state index < -0.39 is 115 Å². The van der Waals surface area contributed by atoms with Crippen LogP contribution >= 0.6 is 23.4 Å². The fraction of sp³-hybridized carbons (Fsp3) is 0.610. The average Bonchev–Trinajstić information content (AvgIpc) is 3.82. The summed E-state index contributed by atoms with van der Waals surface area (Å²) in [5.41, 5.74) is -1.31. The molecule has 18 heteroatoms. The number of hydrogen-bond acceptors (Lipinski definition) is 13. The summed E-state index contributed by atoms with van der Waals surface area (Å²) in [5, 5.41) is 13.3. The predicted molar refractivity (Wildman–Crippen MR) is 219 cm³/mol. The third-order valence-corrected chi connectivity index (χ3v) is 13.0. The highest BCUT2D eigenvalue weighted by molar-refractivity contribution is 8.00. The van der Waals surface area contributed by atoms with E-state index in [0.717, 1.165) is 27.8 Å². The molecule has 4 aliphatic rings. The zero-order valence-corrected chi connectivity index (χ0v) is 35.8. The Morgan fingerprint density at radius 1 is 1.22 bits per heavy atom. The number of nitrogens with zero attached hydrogens (tertiary/aromatic N) is 3. The van der Waals surface area contributed by atoms with Gasteiger partial charge in [0.15, 0.2) is 5.72 Å². The van der Waals surface area contributed by atoms with Crippen LogP contribution in [0.4, 0.5) is 10.5 Å². The van der Waals surface area contributed by atoms with Crippen molar-refractivity contribution in [2.24, 2.45) is 5.92 Å². The number of alkyl carbamates (subject to hydrolysis) is 1. The summed E-state index contributed by atoms with van der Waals surface area (Å²) < 4.78 is 67.2. The smallest absolute Gasteiger partial charge is 0.409 e. The molecule has 2 N–H and O–H groups in total. The largest absolute Gasteiger partial charge is 0.495 e. The van der Waals surface area contributed by atoms with Crippen molar-refractivity contribution < 1.29 is 64.4 Å². The number of aliphatic hydroxyl groups is 1. The second-order valence-electron chi connectivity index (χ2n) is 15.4. The standard InChI is InChI=1S/C41H55ClN4O12S/c1-10-46-34(49)19-29(37(46)50)59-15-14-32(47)44(6)24(4)38(51)57-31-20-33(48)45(7)26-17-25(18-27(54-8)35(26)42)16-22(2)12-11-13-30(55-9)41(53)21-28(56-39(52)43-41)23(3)36-40(31,5)58-36/h11-13,17-18,23-24,28-31,36,53H,10,14-16,19-21H2,1-9H3,(H,43,52)/b13-11+,22-12+/t23-,24+,28+,29?,30-,31+,36-,40+,41+/m1/s1/i1D3,10D2. The fourth-order valence-corrected chi connectivity index (χ4v) is 8.93. The molecule has 16 nitrogen and oxygen atoms in total. The highest BCUT2D eigenvalue weighted by atomic mass is 35.5. The first-order chi connectivity index (χ1) is 29.7. The summed E-state index contributed by atoms with van der Waals surface area (Å²) in [4.78, 5) is 82.5. The summed E-state index contributed by atoms with van der Waals surface area (Å²) in [6.07, 6.45) is -0.581. The van der Waals surface area contributed by atoms with Gasteiger partial charge in [0.05, 0.1) is 30.6 Å². The number of epoxide rings is 1. The van der Waals surface area contributed by atoms with Crippen molar-refractivity contribution in [1.29, 1.82) is 0 Å². The number of hydrogen-bond donors (Lipinski definition) is 2. The summed E-state index contributed by atoms with van der Waals surface area (Å²) in [7, 11) is 5.71. The number of carbonyl (C=O) groups excluding carboxylic acids is 6. The van der Waals surface area contributed by atoms with Crippen LogP contribution in [-0.4, -0.2) is 138 Å². The molecule has 0 saturated carbocycles.